The van der Waals surface area contributed by atoms with Gasteiger partial charge >= 0.3 is 0 Å². The van der Waals surface area contributed by atoms with Crippen molar-refractivity contribution in [3.8, 4) is 5.75 Å². The Balaban J connectivity index is 2.77. The maximum absolute atomic E-state index is 13.2. The zero-order chi connectivity index (χ0) is 12.1. The van der Waals surface area contributed by atoms with E-state index in [2.05, 4.69) is 5.32 Å². The molecule has 0 aromatic heterocycles. The molecule has 86 valence electrons. The van der Waals surface area contributed by atoms with E-state index < -0.39 is 17.4 Å². The van der Waals surface area contributed by atoms with Crippen LogP contribution in [0.3, 0.4) is 0 Å². The van der Waals surface area contributed by atoms with Crippen molar-refractivity contribution < 1.29 is 18.7 Å². The maximum atomic E-state index is 13.2. The van der Waals surface area contributed by atoms with Crippen LogP contribution >= 0.6 is 0 Å². The number of rotatable bonds is 3. The van der Waals surface area contributed by atoms with Crippen LogP contribution in [0.4, 0.5) is 8.78 Å². The summed E-state index contributed by atoms with van der Waals surface area (Å²) in [6.07, 6.45) is 2.62. The van der Waals surface area contributed by atoms with E-state index in [0.717, 1.165) is 12.1 Å². The lowest BCUT2D eigenvalue weighted by atomic mass is 10.1. The second-order valence-corrected chi connectivity index (χ2v) is 3.16. The minimum Gasteiger partial charge on any atom is -0.508 e. The van der Waals surface area contributed by atoms with Gasteiger partial charge in [-0.25, -0.2) is 8.78 Å². The van der Waals surface area contributed by atoms with Crippen molar-refractivity contribution in [1.29, 1.82) is 0 Å². The van der Waals surface area contributed by atoms with Crippen LogP contribution in [0.1, 0.15) is 12.5 Å². The number of carbonyl (C=O) groups is 1. The number of phenols is 1. The average molecular weight is 227 g/mol. The van der Waals surface area contributed by atoms with Crippen LogP contribution in [0, 0.1) is 11.6 Å². The van der Waals surface area contributed by atoms with Gasteiger partial charge in [-0.3, -0.25) is 4.79 Å². The number of phenolic OH excluding ortho intramolecular Hbond substituents is 1. The number of amides is 1. The minimum absolute atomic E-state index is 0.190. The zero-order valence-electron chi connectivity index (χ0n) is 8.63. The standard InChI is InChI=1S/C11H11F2NO2/c1-7(15)14-4-2-3-9-10(12)5-8(16)6-11(9)13/h2-3,5-6,16H,4H2,1H3,(H,14,15). The van der Waals surface area contributed by atoms with Gasteiger partial charge in [0.05, 0.1) is 0 Å². The smallest absolute Gasteiger partial charge is 0.217 e. The van der Waals surface area contributed by atoms with Crippen LogP contribution in [0.25, 0.3) is 6.08 Å². The number of carbonyl (C=O) groups excluding carboxylic acids is 1. The molecule has 0 unspecified atom stereocenters. The predicted molar refractivity (Wildman–Crippen MR) is 55.7 cm³/mol. The minimum atomic E-state index is -0.850. The van der Waals surface area contributed by atoms with Crippen LogP contribution in [-0.2, 0) is 4.79 Å². The molecule has 5 heteroatoms. The second kappa shape index (κ2) is 5.25. The van der Waals surface area contributed by atoms with Crippen LogP contribution in [-0.4, -0.2) is 17.6 Å². The molecule has 0 fully saturated rings. The highest BCUT2D eigenvalue weighted by Gasteiger charge is 2.07. The van der Waals surface area contributed by atoms with Gasteiger partial charge < -0.3 is 10.4 Å². The summed E-state index contributed by atoms with van der Waals surface area (Å²) in [7, 11) is 0. The van der Waals surface area contributed by atoms with E-state index in [4.69, 9.17) is 5.11 Å². The van der Waals surface area contributed by atoms with Crippen molar-refractivity contribution in [1.82, 2.24) is 5.32 Å². The Hall–Kier alpha value is -1.91. The van der Waals surface area contributed by atoms with Crippen LogP contribution in [0.15, 0.2) is 18.2 Å². The Labute approximate surface area is 91.4 Å². The van der Waals surface area contributed by atoms with Crippen molar-refractivity contribution >= 4 is 12.0 Å². The summed E-state index contributed by atoms with van der Waals surface area (Å²) < 4.78 is 26.3. The third kappa shape index (κ3) is 3.34. The Morgan fingerprint density at radius 1 is 1.44 bits per heavy atom. The lowest BCUT2D eigenvalue weighted by molar-refractivity contribution is -0.118. The fourth-order valence-corrected chi connectivity index (χ4v) is 1.11. The molecule has 0 heterocycles. The van der Waals surface area contributed by atoms with Crippen LogP contribution < -0.4 is 5.32 Å². The van der Waals surface area contributed by atoms with Gasteiger partial charge in [-0.2, -0.15) is 0 Å². The van der Waals surface area contributed by atoms with Gasteiger partial charge in [-0.05, 0) is 0 Å². The van der Waals surface area contributed by atoms with E-state index in [-0.39, 0.29) is 18.0 Å². The van der Waals surface area contributed by atoms with E-state index in [1.165, 1.54) is 19.1 Å². The van der Waals surface area contributed by atoms with Gasteiger partial charge in [0, 0.05) is 31.2 Å². The number of nitrogens with one attached hydrogen (secondary N) is 1. The third-order valence-electron chi connectivity index (χ3n) is 1.82. The molecule has 3 nitrogen and oxygen atoms in total. The molecule has 0 spiro atoms. The fourth-order valence-electron chi connectivity index (χ4n) is 1.11. The molecule has 1 aromatic rings. The lowest BCUT2D eigenvalue weighted by Gasteiger charge is -2.01. The van der Waals surface area contributed by atoms with Crippen molar-refractivity contribution in [3.05, 3.63) is 35.4 Å². The summed E-state index contributed by atoms with van der Waals surface area (Å²) in [5.41, 5.74) is -0.247. The highest BCUT2D eigenvalue weighted by molar-refractivity contribution is 5.73. The molecule has 0 aliphatic carbocycles. The van der Waals surface area contributed by atoms with E-state index in [1.807, 2.05) is 0 Å². The molecule has 1 aromatic carbocycles. The van der Waals surface area contributed by atoms with Gasteiger partial charge in [-0.15, -0.1) is 0 Å². The number of hydrogen-bond acceptors (Lipinski definition) is 2. The van der Waals surface area contributed by atoms with Gasteiger partial charge in [0.2, 0.25) is 5.91 Å². The summed E-state index contributed by atoms with van der Waals surface area (Å²) >= 11 is 0. The summed E-state index contributed by atoms with van der Waals surface area (Å²) in [5.74, 6) is -2.39. The zero-order valence-corrected chi connectivity index (χ0v) is 8.63. The largest absolute Gasteiger partial charge is 0.508 e. The van der Waals surface area contributed by atoms with Gasteiger partial charge in [0.25, 0.3) is 0 Å². The first-order chi connectivity index (χ1) is 7.50. The van der Waals surface area contributed by atoms with Crippen molar-refractivity contribution in [2.45, 2.75) is 6.92 Å². The Kier molecular flexibility index (Phi) is 3.99. The SMILES string of the molecule is CC(=O)NCC=Cc1c(F)cc(O)cc1F. The quantitative estimate of drug-likeness (QED) is 0.827. The van der Waals surface area contributed by atoms with E-state index in [1.54, 1.807) is 0 Å². The van der Waals surface area contributed by atoms with Crippen molar-refractivity contribution in [2.75, 3.05) is 6.54 Å². The normalized spacial score (nSPS) is 10.7. The molecule has 0 bridgehead atoms. The Morgan fingerprint density at radius 2 is 2.00 bits per heavy atom. The van der Waals surface area contributed by atoms with Gasteiger partial charge in [0.15, 0.2) is 0 Å². The molecule has 0 radical (unpaired) electrons. The van der Waals surface area contributed by atoms with Crippen molar-refractivity contribution in [3.63, 3.8) is 0 Å². The first kappa shape index (κ1) is 12.2. The molecule has 16 heavy (non-hydrogen) atoms. The summed E-state index contributed by atoms with van der Waals surface area (Å²) in [5, 5.41) is 11.3. The van der Waals surface area contributed by atoms with Gasteiger partial charge in [0.1, 0.15) is 17.4 Å². The Morgan fingerprint density at radius 3 is 2.50 bits per heavy atom. The van der Waals surface area contributed by atoms with E-state index in [9.17, 15) is 13.6 Å². The van der Waals surface area contributed by atoms with Gasteiger partial charge in [-0.1, -0.05) is 12.2 Å². The van der Waals surface area contributed by atoms with Crippen LogP contribution in [0.5, 0.6) is 5.75 Å². The predicted octanol–water partition coefficient (Wildman–Crippen LogP) is 1.82. The monoisotopic (exact) mass is 227 g/mol. The first-order valence-corrected chi connectivity index (χ1v) is 4.59. The summed E-state index contributed by atoms with van der Waals surface area (Å²) in [4.78, 5) is 10.5. The van der Waals surface area contributed by atoms with Crippen molar-refractivity contribution in [2.24, 2.45) is 0 Å². The summed E-state index contributed by atoms with van der Waals surface area (Å²) in [6, 6.07) is 1.64. The number of halogens is 2. The lowest BCUT2D eigenvalue weighted by Crippen LogP contribution is -2.19. The topological polar surface area (TPSA) is 49.3 Å². The molecule has 1 rings (SSSR count). The van der Waals surface area contributed by atoms with E-state index >= 15 is 0 Å². The maximum Gasteiger partial charge on any atom is 0.217 e. The molecule has 0 saturated carbocycles. The Bertz CT molecular complexity index is 407. The number of aromatic hydroxyl groups is 1. The molecular formula is C11H11F2NO2. The molecule has 1 amide bonds. The molecule has 0 atom stereocenters. The average Bonchev–Trinajstić information content (AvgIpc) is 2.14. The second-order valence-electron chi connectivity index (χ2n) is 3.16. The highest BCUT2D eigenvalue weighted by Crippen LogP contribution is 2.20. The summed E-state index contributed by atoms with van der Waals surface area (Å²) in [6.45, 7) is 1.53. The first-order valence-electron chi connectivity index (χ1n) is 4.59. The molecule has 0 aliphatic heterocycles. The number of benzene rings is 1. The fraction of sp³-hybridized carbons (Fsp3) is 0.182. The van der Waals surface area contributed by atoms with E-state index in [0.29, 0.717) is 0 Å². The highest BCUT2D eigenvalue weighted by atomic mass is 19.1. The third-order valence-corrected chi connectivity index (χ3v) is 1.82. The molecule has 2 N–H and O–H groups in total. The van der Waals surface area contributed by atoms with Crippen LogP contribution in [0.2, 0.25) is 0 Å². The molecule has 0 aliphatic rings. The number of hydrogen-bond donors (Lipinski definition) is 2. The molecule has 0 saturated heterocycles. The molecular weight excluding hydrogens is 216 g/mol.